The summed E-state index contributed by atoms with van der Waals surface area (Å²) in [4.78, 5) is 17.5. The minimum Gasteiger partial charge on any atom is -0.396 e. The predicted octanol–water partition coefficient (Wildman–Crippen LogP) is 2.07. The average molecular weight is 305 g/mol. The van der Waals surface area contributed by atoms with E-state index in [-0.39, 0.29) is 5.91 Å². The summed E-state index contributed by atoms with van der Waals surface area (Å²) in [6.07, 6.45) is 2.04. The maximum Gasteiger partial charge on any atom is 0.228 e. The summed E-state index contributed by atoms with van der Waals surface area (Å²) in [5.74, 6) is 0.896. The molecule has 4 nitrogen and oxygen atoms in total. The van der Waals surface area contributed by atoms with Gasteiger partial charge in [-0.05, 0) is 12.0 Å². The first-order valence-corrected chi connectivity index (χ1v) is 6.39. The van der Waals surface area contributed by atoms with Crippen LogP contribution in [0.1, 0.15) is 6.42 Å². The van der Waals surface area contributed by atoms with E-state index in [0.717, 1.165) is 5.33 Å². The Labute approximate surface area is 107 Å². The summed E-state index contributed by atoms with van der Waals surface area (Å²) in [5, 5.41) is 1.29. The van der Waals surface area contributed by atoms with Gasteiger partial charge in [-0.1, -0.05) is 27.5 Å². The van der Waals surface area contributed by atoms with Crippen LogP contribution in [0.25, 0.3) is 0 Å². The zero-order valence-electron chi connectivity index (χ0n) is 8.49. The molecule has 0 saturated carbocycles. The molecular weight excluding hydrogens is 293 g/mol. The monoisotopic (exact) mass is 303 g/mol. The fourth-order valence-corrected chi connectivity index (χ4v) is 2.36. The number of nitrogens with two attached hydrogens (primary N) is 1. The molecule has 2 N–H and O–H groups in total. The van der Waals surface area contributed by atoms with E-state index in [1.165, 1.54) is 6.20 Å². The zero-order chi connectivity index (χ0) is 11.7. The molecular formula is C10H11BrClN3O. The highest BCUT2D eigenvalue weighted by Crippen LogP contribution is 2.29. The second kappa shape index (κ2) is 4.59. The molecule has 0 radical (unpaired) electrons. The van der Waals surface area contributed by atoms with Crippen molar-refractivity contribution in [3.8, 4) is 0 Å². The summed E-state index contributed by atoms with van der Waals surface area (Å²) in [7, 11) is 0. The minimum absolute atomic E-state index is 0.0611. The van der Waals surface area contributed by atoms with Crippen molar-refractivity contribution >= 4 is 44.9 Å². The number of hydrogen-bond donors (Lipinski definition) is 1. The summed E-state index contributed by atoms with van der Waals surface area (Å²) >= 11 is 9.14. The van der Waals surface area contributed by atoms with Crippen LogP contribution in [0.15, 0.2) is 12.3 Å². The maximum atomic E-state index is 11.8. The lowest BCUT2D eigenvalue weighted by Gasteiger charge is -2.17. The number of nitrogen functional groups attached to an aromatic ring is 1. The molecule has 0 spiro atoms. The Morgan fingerprint density at radius 3 is 3.00 bits per heavy atom. The molecule has 2 rings (SSSR count). The second-order valence-electron chi connectivity index (χ2n) is 3.80. The van der Waals surface area contributed by atoms with Gasteiger partial charge in [-0.15, -0.1) is 0 Å². The van der Waals surface area contributed by atoms with Crippen LogP contribution < -0.4 is 10.6 Å². The Kier molecular flexibility index (Phi) is 3.35. The number of amides is 1. The standard InChI is InChI=1S/C10H11BrClN3O/c11-3-6-1-9(16)15(5-6)10-8(13)2-7(12)4-14-10/h2,4,6H,1,3,5,13H2. The normalized spacial score (nSPS) is 20.5. The third-order valence-electron chi connectivity index (χ3n) is 2.54. The second-order valence-corrected chi connectivity index (χ2v) is 4.88. The molecule has 1 saturated heterocycles. The van der Waals surface area contributed by atoms with Crippen molar-refractivity contribution < 1.29 is 4.79 Å². The lowest BCUT2D eigenvalue weighted by molar-refractivity contribution is -0.117. The first-order valence-electron chi connectivity index (χ1n) is 4.89. The number of nitrogens with zero attached hydrogens (tertiary/aromatic N) is 2. The van der Waals surface area contributed by atoms with Crippen LogP contribution in [0.2, 0.25) is 5.02 Å². The molecule has 2 heterocycles. The fourth-order valence-electron chi connectivity index (χ4n) is 1.76. The predicted molar refractivity (Wildman–Crippen MR) is 67.9 cm³/mol. The lowest BCUT2D eigenvalue weighted by Crippen LogP contribution is -2.26. The van der Waals surface area contributed by atoms with Crippen LogP contribution >= 0.6 is 27.5 Å². The molecule has 16 heavy (non-hydrogen) atoms. The molecule has 1 unspecified atom stereocenters. The lowest BCUT2D eigenvalue weighted by atomic mass is 10.2. The number of alkyl halides is 1. The highest BCUT2D eigenvalue weighted by molar-refractivity contribution is 9.09. The number of aromatic nitrogens is 1. The fraction of sp³-hybridized carbons (Fsp3) is 0.400. The minimum atomic E-state index is 0.0611. The van der Waals surface area contributed by atoms with Gasteiger partial charge in [0.25, 0.3) is 0 Å². The van der Waals surface area contributed by atoms with E-state index in [1.807, 2.05) is 0 Å². The van der Waals surface area contributed by atoms with Gasteiger partial charge in [-0.25, -0.2) is 4.98 Å². The van der Waals surface area contributed by atoms with E-state index < -0.39 is 0 Å². The van der Waals surface area contributed by atoms with E-state index in [0.29, 0.717) is 35.4 Å². The number of anilines is 2. The van der Waals surface area contributed by atoms with Crippen molar-refractivity contribution in [2.45, 2.75) is 6.42 Å². The van der Waals surface area contributed by atoms with Crippen molar-refractivity contribution in [3.05, 3.63) is 17.3 Å². The first kappa shape index (κ1) is 11.7. The molecule has 0 aliphatic carbocycles. The number of carbonyl (C=O) groups is 1. The number of carbonyl (C=O) groups excluding carboxylic acids is 1. The highest BCUT2D eigenvalue weighted by atomic mass is 79.9. The Morgan fingerprint density at radius 1 is 1.69 bits per heavy atom. The van der Waals surface area contributed by atoms with Gasteiger partial charge >= 0.3 is 0 Å². The van der Waals surface area contributed by atoms with Crippen LogP contribution in [0.4, 0.5) is 11.5 Å². The quantitative estimate of drug-likeness (QED) is 0.851. The van der Waals surface area contributed by atoms with Crippen molar-refractivity contribution in [3.63, 3.8) is 0 Å². The highest BCUT2D eigenvalue weighted by Gasteiger charge is 2.31. The molecule has 0 aromatic carbocycles. The van der Waals surface area contributed by atoms with Gasteiger partial charge in [0.2, 0.25) is 5.91 Å². The third kappa shape index (κ3) is 2.15. The third-order valence-corrected chi connectivity index (χ3v) is 3.66. The van der Waals surface area contributed by atoms with Gasteiger partial charge in [0.1, 0.15) is 0 Å². The molecule has 1 amide bonds. The molecule has 1 aliphatic rings. The maximum absolute atomic E-state index is 11.8. The van der Waals surface area contributed by atoms with E-state index in [2.05, 4.69) is 20.9 Å². The number of hydrogen-bond acceptors (Lipinski definition) is 3. The van der Waals surface area contributed by atoms with Gasteiger partial charge in [-0.2, -0.15) is 0 Å². The van der Waals surface area contributed by atoms with Crippen LogP contribution in [0, 0.1) is 5.92 Å². The van der Waals surface area contributed by atoms with E-state index >= 15 is 0 Å². The summed E-state index contributed by atoms with van der Waals surface area (Å²) in [6.45, 7) is 0.656. The zero-order valence-corrected chi connectivity index (χ0v) is 10.8. The van der Waals surface area contributed by atoms with E-state index in [4.69, 9.17) is 17.3 Å². The van der Waals surface area contributed by atoms with Gasteiger partial charge in [0.05, 0.1) is 10.7 Å². The van der Waals surface area contributed by atoms with Crippen molar-refractivity contribution in [1.82, 2.24) is 4.98 Å². The molecule has 1 atom stereocenters. The van der Waals surface area contributed by atoms with Crippen LogP contribution in [0.3, 0.4) is 0 Å². The largest absolute Gasteiger partial charge is 0.396 e. The molecule has 1 aliphatic heterocycles. The van der Waals surface area contributed by atoms with Crippen LogP contribution in [-0.4, -0.2) is 22.8 Å². The van der Waals surface area contributed by atoms with Gasteiger partial charge in [0.15, 0.2) is 5.82 Å². The summed E-state index contributed by atoms with van der Waals surface area (Å²) in [6, 6.07) is 1.61. The van der Waals surface area contributed by atoms with Crippen molar-refractivity contribution in [1.29, 1.82) is 0 Å². The summed E-state index contributed by atoms with van der Waals surface area (Å²) in [5.41, 5.74) is 6.24. The molecule has 1 aromatic rings. The van der Waals surface area contributed by atoms with Crippen molar-refractivity contribution in [2.24, 2.45) is 5.92 Å². The smallest absolute Gasteiger partial charge is 0.228 e. The molecule has 6 heteroatoms. The molecule has 0 bridgehead atoms. The Morgan fingerprint density at radius 2 is 2.44 bits per heavy atom. The van der Waals surface area contributed by atoms with Gasteiger partial charge < -0.3 is 5.73 Å². The Bertz CT molecular complexity index is 427. The van der Waals surface area contributed by atoms with E-state index in [1.54, 1.807) is 11.0 Å². The summed E-state index contributed by atoms with van der Waals surface area (Å²) < 4.78 is 0. The Balaban J connectivity index is 2.28. The molecule has 1 aromatic heterocycles. The number of halogens is 2. The molecule has 86 valence electrons. The Hall–Kier alpha value is -0.810. The first-order chi connectivity index (χ1) is 7.61. The van der Waals surface area contributed by atoms with Crippen LogP contribution in [-0.2, 0) is 4.79 Å². The number of pyridine rings is 1. The van der Waals surface area contributed by atoms with Gasteiger partial charge in [0, 0.05) is 24.5 Å². The van der Waals surface area contributed by atoms with Crippen molar-refractivity contribution in [2.75, 3.05) is 22.5 Å². The van der Waals surface area contributed by atoms with E-state index in [9.17, 15) is 4.79 Å². The topological polar surface area (TPSA) is 59.2 Å². The number of rotatable bonds is 2. The average Bonchev–Trinajstić information content (AvgIpc) is 2.60. The van der Waals surface area contributed by atoms with Gasteiger partial charge in [-0.3, -0.25) is 9.69 Å². The molecule has 1 fully saturated rings. The SMILES string of the molecule is Nc1cc(Cl)cnc1N1CC(CBr)CC1=O. The van der Waals surface area contributed by atoms with Crippen LogP contribution in [0.5, 0.6) is 0 Å².